The highest BCUT2D eigenvalue weighted by molar-refractivity contribution is 5.96. The van der Waals surface area contributed by atoms with E-state index >= 15 is 0 Å². The van der Waals surface area contributed by atoms with Crippen molar-refractivity contribution in [3.05, 3.63) is 95.8 Å². The van der Waals surface area contributed by atoms with Gasteiger partial charge in [-0.15, -0.1) is 0 Å². The predicted octanol–water partition coefficient (Wildman–Crippen LogP) is 3.27. The first kappa shape index (κ1) is 20.1. The highest BCUT2D eigenvalue weighted by atomic mass is 16.5. The van der Waals surface area contributed by atoms with Crippen molar-refractivity contribution in [2.75, 3.05) is 6.54 Å². The van der Waals surface area contributed by atoms with Gasteiger partial charge in [-0.1, -0.05) is 36.4 Å². The Kier molecular flexibility index (Phi) is 6.95. The van der Waals surface area contributed by atoms with E-state index in [1.165, 1.54) is 0 Å². The summed E-state index contributed by atoms with van der Waals surface area (Å²) in [7, 11) is 0. The third kappa shape index (κ3) is 6.17. The van der Waals surface area contributed by atoms with Gasteiger partial charge in [-0.05, 0) is 48.9 Å². The van der Waals surface area contributed by atoms with Gasteiger partial charge in [-0.3, -0.25) is 14.6 Å². The average molecular weight is 389 g/mol. The maximum absolute atomic E-state index is 12.2. The maximum Gasteiger partial charge on any atom is 0.251 e. The Labute approximate surface area is 169 Å². The number of carbonyl (C=O) groups excluding carboxylic acids is 2. The summed E-state index contributed by atoms with van der Waals surface area (Å²) >= 11 is 0. The molecule has 2 N–H and O–H groups in total. The number of benzene rings is 2. The van der Waals surface area contributed by atoms with Gasteiger partial charge in [0.2, 0.25) is 5.91 Å². The summed E-state index contributed by atoms with van der Waals surface area (Å²) in [5, 5.41) is 5.51. The Bertz CT molecular complexity index is 946. The molecule has 0 saturated carbocycles. The molecular weight excluding hydrogens is 366 g/mol. The van der Waals surface area contributed by atoms with Crippen LogP contribution in [0.4, 0.5) is 0 Å². The van der Waals surface area contributed by atoms with Crippen molar-refractivity contribution < 1.29 is 14.3 Å². The molecule has 0 aliphatic carbocycles. The van der Waals surface area contributed by atoms with Gasteiger partial charge in [0, 0.05) is 11.8 Å². The Morgan fingerprint density at radius 2 is 1.79 bits per heavy atom. The van der Waals surface area contributed by atoms with Crippen LogP contribution in [0.1, 0.15) is 34.6 Å². The molecule has 0 radical (unpaired) electrons. The zero-order chi connectivity index (χ0) is 20.5. The molecule has 6 nitrogen and oxygen atoms in total. The van der Waals surface area contributed by atoms with E-state index in [2.05, 4.69) is 15.6 Å². The van der Waals surface area contributed by atoms with Crippen molar-refractivity contribution in [1.82, 2.24) is 15.6 Å². The van der Waals surface area contributed by atoms with Crippen LogP contribution in [0.3, 0.4) is 0 Å². The van der Waals surface area contributed by atoms with E-state index in [9.17, 15) is 9.59 Å². The van der Waals surface area contributed by atoms with Gasteiger partial charge >= 0.3 is 0 Å². The van der Waals surface area contributed by atoms with Crippen LogP contribution in [-0.2, 0) is 11.4 Å². The van der Waals surface area contributed by atoms with Crippen molar-refractivity contribution in [1.29, 1.82) is 0 Å². The summed E-state index contributed by atoms with van der Waals surface area (Å²) in [6, 6.07) is 21.8. The molecular formula is C23H23N3O3. The van der Waals surface area contributed by atoms with E-state index in [4.69, 9.17) is 4.74 Å². The molecule has 0 spiro atoms. The summed E-state index contributed by atoms with van der Waals surface area (Å²) in [5.74, 6) is 0.159. The Morgan fingerprint density at radius 1 is 1.00 bits per heavy atom. The smallest absolute Gasteiger partial charge is 0.251 e. The molecule has 1 heterocycles. The second kappa shape index (κ2) is 10.0. The van der Waals surface area contributed by atoms with E-state index in [0.717, 1.165) is 11.3 Å². The largest absolute Gasteiger partial charge is 0.487 e. The van der Waals surface area contributed by atoms with E-state index in [1.807, 2.05) is 55.5 Å². The molecule has 3 aromatic rings. The number of pyridine rings is 1. The number of carbonyl (C=O) groups is 2. The zero-order valence-electron chi connectivity index (χ0n) is 16.2. The van der Waals surface area contributed by atoms with Crippen LogP contribution >= 0.6 is 0 Å². The Balaban J connectivity index is 1.50. The van der Waals surface area contributed by atoms with E-state index < -0.39 is 0 Å². The number of hydrogen-bond donors (Lipinski definition) is 2. The zero-order valence-corrected chi connectivity index (χ0v) is 16.2. The van der Waals surface area contributed by atoms with Crippen LogP contribution in [0.5, 0.6) is 5.75 Å². The standard InChI is InChI=1S/C23H23N3O3/c1-17(26-22(27)15-25-23(28)18-8-3-2-4-9-18)19-10-7-12-21(14-19)29-16-20-11-5-6-13-24-20/h2-14,17H,15-16H2,1H3,(H,25,28)(H,26,27)/t17-/m0/s1. The van der Waals surface area contributed by atoms with Crippen molar-refractivity contribution >= 4 is 11.8 Å². The van der Waals surface area contributed by atoms with Crippen LogP contribution in [-0.4, -0.2) is 23.3 Å². The van der Waals surface area contributed by atoms with Crippen LogP contribution in [0.2, 0.25) is 0 Å². The normalized spacial score (nSPS) is 11.3. The summed E-state index contributed by atoms with van der Waals surface area (Å²) in [6.45, 7) is 2.17. The molecule has 0 fully saturated rings. The van der Waals surface area contributed by atoms with E-state index in [0.29, 0.717) is 17.9 Å². The fourth-order valence-electron chi connectivity index (χ4n) is 2.74. The molecule has 1 atom stereocenters. The van der Waals surface area contributed by atoms with Gasteiger partial charge in [-0.25, -0.2) is 0 Å². The van der Waals surface area contributed by atoms with Gasteiger partial charge in [0.15, 0.2) is 0 Å². The van der Waals surface area contributed by atoms with E-state index in [1.54, 1.807) is 30.5 Å². The molecule has 3 rings (SSSR count). The molecule has 0 bridgehead atoms. The van der Waals surface area contributed by atoms with Crippen molar-refractivity contribution in [2.24, 2.45) is 0 Å². The number of aromatic nitrogens is 1. The topological polar surface area (TPSA) is 80.3 Å². The summed E-state index contributed by atoms with van der Waals surface area (Å²) < 4.78 is 5.78. The minimum absolute atomic E-state index is 0.0894. The van der Waals surface area contributed by atoms with Gasteiger partial charge in [0.05, 0.1) is 18.3 Å². The molecule has 1 aromatic heterocycles. The third-order valence-corrected chi connectivity index (χ3v) is 4.29. The number of nitrogens with one attached hydrogen (secondary N) is 2. The van der Waals surface area contributed by atoms with Crippen molar-refractivity contribution in [3.63, 3.8) is 0 Å². The highest BCUT2D eigenvalue weighted by Crippen LogP contribution is 2.20. The van der Waals surface area contributed by atoms with Gasteiger partial charge in [0.25, 0.3) is 5.91 Å². The second-order valence-electron chi connectivity index (χ2n) is 6.52. The van der Waals surface area contributed by atoms with Crippen LogP contribution in [0.15, 0.2) is 79.0 Å². The number of amides is 2. The summed E-state index contributed by atoms with van der Waals surface area (Å²) in [4.78, 5) is 28.4. The molecule has 29 heavy (non-hydrogen) atoms. The van der Waals surface area contributed by atoms with Gasteiger partial charge < -0.3 is 15.4 Å². The van der Waals surface area contributed by atoms with Crippen LogP contribution in [0, 0.1) is 0 Å². The Morgan fingerprint density at radius 3 is 2.55 bits per heavy atom. The average Bonchev–Trinajstić information content (AvgIpc) is 2.77. The summed E-state index contributed by atoms with van der Waals surface area (Å²) in [5.41, 5.74) is 2.27. The second-order valence-corrected chi connectivity index (χ2v) is 6.52. The lowest BCUT2D eigenvalue weighted by molar-refractivity contribution is -0.120. The fourth-order valence-corrected chi connectivity index (χ4v) is 2.74. The summed E-state index contributed by atoms with van der Waals surface area (Å²) in [6.07, 6.45) is 1.73. The first-order valence-corrected chi connectivity index (χ1v) is 9.37. The lowest BCUT2D eigenvalue weighted by Gasteiger charge is -2.16. The first-order chi connectivity index (χ1) is 14.1. The third-order valence-electron chi connectivity index (χ3n) is 4.29. The SMILES string of the molecule is C[C@H](NC(=O)CNC(=O)c1ccccc1)c1cccc(OCc2ccccn2)c1. The first-order valence-electron chi connectivity index (χ1n) is 9.37. The molecule has 0 aliphatic rings. The minimum Gasteiger partial charge on any atom is -0.487 e. The number of ether oxygens (including phenoxy) is 1. The quantitative estimate of drug-likeness (QED) is 0.620. The molecule has 0 aliphatic heterocycles. The lowest BCUT2D eigenvalue weighted by Crippen LogP contribution is -2.38. The molecule has 6 heteroatoms. The van der Waals surface area contributed by atoms with E-state index in [-0.39, 0.29) is 24.4 Å². The number of nitrogens with zero attached hydrogens (tertiary/aromatic N) is 1. The number of rotatable bonds is 8. The fraction of sp³-hybridized carbons (Fsp3) is 0.174. The van der Waals surface area contributed by atoms with Crippen molar-refractivity contribution in [3.8, 4) is 5.75 Å². The molecule has 0 unspecified atom stereocenters. The Hall–Kier alpha value is -3.67. The number of hydrogen-bond acceptors (Lipinski definition) is 4. The lowest BCUT2D eigenvalue weighted by atomic mass is 10.1. The maximum atomic E-state index is 12.2. The van der Waals surface area contributed by atoms with Crippen LogP contribution in [0.25, 0.3) is 0 Å². The highest BCUT2D eigenvalue weighted by Gasteiger charge is 2.12. The molecule has 148 valence electrons. The molecule has 0 saturated heterocycles. The predicted molar refractivity (Wildman–Crippen MR) is 110 cm³/mol. The van der Waals surface area contributed by atoms with Crippen molar-refractivity contribution in [2.45, 2.75) is 19.6 Å². The van der Waals surface area contributed by atoms with Gasteiger partial charge in [0.1, 0.15) is 12.4 Å². The monoisotopic (exact) mass is 389 g/mol. The minimum atomic E-state index is -0.279. The molecule has 2 amide bonds. The van der Waals surface area contributed by atoms with Crippen LogP contribution < -0.4 is 15.4 Å². The molecule has 2 aromatic carbocycles. The van der Waals surface area contributed by atoms with Gasteiger partial charge in [-0.2, -0.15) is 0 Å².